The zero-order chi connectivity index (χ0) is 14.9. The molecule has 0 bridgehead atoms. The molecule has 1 heterocycles. The molecule has 20 heavy (non-hydrogen) atoms. The monoisotopic (exact) mass is 276 g/mol. The molecule has 104 valence electrons. The lowest BCUT2D eigenvalue weighted by Gasteiger charge is -2.13. The Hall–Kier alpha value is -2.50. The third-order valence-corrected chi connectivity index (χ3v) is 3.10. The fraction of sp³-hybridized carbons (Fsp3) is 0.214. The van der Waals surface area contributed by atoms with Crippen LogP contribution in [0.15, 0.2) is 29.1 Å². The SMILES string of the molecule is CCn1c(C)c(C(=O)O)c(-c2ccccc2F)nc1=O. The minimum atomic E-state index is -1.24. The largest absolute Gasteiger partial charge is 0.478 e. The third-order valence-electron chi connectivity index (χ3n) is 3.10. The molecular formula is C14H13FN2O3. The smallest absolute Gasteiger partial charge is 0.348 e. The van der Waals surface area contributed by atoms with E-state index in [0.717, 1.165) is 0 Å². The Morgan fingerprint density at radius 2 is 2.05 bits per heavy atom. The first-order valence-electron chi connectivity index (χ1n) is 6.07. The first-order valence-corrected chi connectivity index (χ1v) is 6.07. The highest BCUT2D eigenvalue weighted by atomic mass is 19.1. The topological polar surface area (TPSA) is 72.2 Å². The summed E-state index contributed by atoms with van der Waals surface area (Å²) in [6, 6.07) is 5.65. The number of aromatic carboxylic acids is 1. The second kappa shape index (κ2) is 5.24. The Balaban J connectivity index is 2.87. The Morgan fingerprint density at radius 1 is 1.40 bits per heavy atom. The molecule has 0 aliphatic rings. The van der Waals surface area contributed by atoms with Crippen molar-refractivity contribution < 1.29 is 14.3 Å². The summed E-state index contributed by atoms with van der Waals surface area (Å²) in [6.07, 6.45) is 0. The fourth-order valence-electron chi connectivity index (χ4n) is 2.14. The molecule has 0 unspecified atom stereocenters. The number of halogens is 1. The van der Waals surface area contributed by atoms with Gasteiger partial charge in [0, 0.05) is 17.8 Å². The van der Waals surface area contributed by atoms with Gasteiger partial charge in [0.25, 0.3) is 0 Å². The van der Waals surface area contributed by atoms with E-state index in [9.17, 15) is 19.1 Å². The average Bonchev–Trinajstić information content (AvgIpc) is 2.38. The van der Waals surface area contributed by atoms with Gasteiger partial charge in [-0.25, -0.2) is 14.0 Å². The van der Waals surface area contributed by atoms with E-state index in [1.165, 1.54) is 29.7 Å². The van der Waals surface area contributed by atoms with Crippen LogP contribution < -0.4 is 5.69 Å². The van der Waals surface area contributed by atoms with Gasteiger partial charge in [-0.05, 0) is 26.0 Å². The highest BCUT2D eigenvalue weighted by Crippen LogP contribution is 2.25. The van der Waals surface area contributed by atoms with Crippen molar-refractivity contribution in [3.05, 3.63) is 51.8 Å². The van der Waals surface area contributed by atoms with Crippen molar-refractivity contribution in [2.75, 3.05) is 0 Å². The molecule has 5 nitrogen and oxygen atoms in total. The van der Waals surface area contributed by atoms with E-state index in [2.05, 4.69) is 4.98 Å². The predicted molar refractivity (Wildman–Crippen MR) is 71.3 cm³/mol. The Morgan fingerprint density at radius 3 is 2.60 bits per heavy atom. The molecule has 2 aromatic rings. The fourth-order valence-corrected chi connectivity index (χ4v) is 2.14. The van der Waals surface area contributed by atoms with Crippen molar-refractivity contribution in [1.29, 1.82) is 0 Å². The summed E-state index contributed by atoms with van der Waals surface area (Å²) < 4.78 is 15.1. The Labute approximate surface area is 114 Å². The number of nitrogens with zero attached hydrogens (tertiary/aromatic N) is 2. The number of benzene rings is 1. The van der Waals surface area contributed by atoms with Crippen molar-refractivity contribution >= 4 is 5.97 Å². The molecule has 0 fully saturated rings. The van der Waals surface area contributed by atoms with Crippen LogP contribution in [0, 0.1) is 12.7 Å². The zero-order valence-electron chi connectivity index (χ0n) is 11.1. The van der Waals surface area contributed by atoms with E-state index >= 15 is 0 Å². The number of carboxylic acids is 1. The summed E-state index contributed by atoms with van der Waals surface area (Å²) in [5.41, 5.74) is -0.612. The first kappa shape index (κ1) is 13.9. The molecule has 0 radical (unpaired) electrons. The van der Waals surface area contributed by atoms with Gasteiger partial charge in [-0.3, -0.25) is 4.57 Å². The maximum atomic E-state index is 13.8. The predicted octanol–water partition coefficient (Wildman–Crippen LogP) is 2.08. The molecule has 6 heteroatoms. The molecule has 1 aromatic carbocycles. The molecule has 0 saturated carbocycles. The second-order valence-electron chi connectivity index (χ2n) is 4.23. The van der Waals surface area contributed by atoms with E-state index in [-0.39, 0.29) is 22.5 Å². The Kier molecular flexibility index (Phi) is 3.65. The molecule has 0 spiro atoms. The van der Waals surface area contributed by atoms with E-state index < -0.39 is 17.5 Å². The van der Waals surface area contributed by atoms with Crippen LogP contribution >= 0.6 is 0 Å². The third kappa shape index (κ3) is 2.20. The van der Waals surface area contributed by atoms with E-state index in [4.69, 9.17) is 0 Å². The van der Waals surface area contributed by atoms with Crippen LogP contribution in [0.4, 0.5) is 4.39 Å². The Bertz CT molecular complexity index is 738. The molecule has 0 amide bonds. The first-order chi connectivity index (χ1) is 9.47. The molecule has 0 aliphatic heterocycles. The summed E-state index contributed by atoms with van der Waals surface area (Å²) in [5.74, 6) is -1.86. The van der Waals surface area contributed by atoms with Crippen LogP contribution in [0.2, 0.25) is 0 Å². The van der Waals surface area contributed by atoms with Crippen molar-refractivity contribution in [3.63, 3.8) is 0 Å². The lowest BCUT2D eigenvalue weighted by Crippen LogP contribution is -2.28. The van der Waals surface area contributed by atoms with Crippen molar-refractivity contribution in [3.8, 4) is 11.3 Å². The maximum absolute atomic E-state index is 13.8. The lowest BCUT2D eigenvalue weighted by atomic mass is 10.0. The standard InChI is InChI=1S/C14H13FN2O3/c1-3-17-8(2)11(13(18)19)12(16-14(17)20)9-6-4-5-7-10(9)15/h4-7H,3H2,1-2H3,(H,18,19). The molecule has 2 rings (SSSR count). The normalized spacial score (nSPS) is 10.6. The van der Waals surface area contributed by atoms with Crippen LogP contribution in [-0.4, -0.2) is 20.6 Å². The van der Waals surface area contributed by atoms with Gasteiger partial charge in [0.15, 0.2) is 0 Å². The summed E-state index contributed by atoms with van der Waals surface area (Å²) in [4.78, 5) is 27.1. The average molecular weight is 276 g/mol. The minimum Gasteiger partial charge on any atom is -0.478 e. The summed E-state index contributed by atoms with van der Waals surface area (Å²) in [6.45, 7) is 3.53. The van der Waals surface area contributed by atoms with E-state index in [1.54, 1.807) is 13.0 Å². The molecule has 1 aromatic heterocycles. The number of carbonyl (C=O) groups is 1. The van der Waals surface area contributed by atoms with Crippen LogP contribution in [0.1, 0.15) is 23.0 Å². The number of hydrogen-bond donors (Lipinski definition) is 1. The van der Waals surface area contributed by atoms with Crippen LogP contribution in [0.3, 0.4) is 0 Å². The van der Waals surface area contributed by atoms with Crippen LogP contribution in [-0.2, 0) is 6.54 Å². The van der Waals surface area contributed by atoms with Crippen molar-refractivity contribution in [2.24, 2.45) is 0 Å². The van der Waals surface area contributed by atoms with Gasteiger partial charge in [-0.15, -0.1) is 0 Å². The van der Waals surface area contributed by atoms with Gasteiger partial charge in [0.2, 0.25) is 0 Å². The maximum Gasteiger partial charge on any atom is 0.348 e. The summed E-state index contributed by atoms with van der Waals surface area (Å²) in [5, 5.41) is 9.33. The van der Waals surface area contributed by atoms with Crippen LogP contribution in [0.5, 0.6) is 0 Å². The van der Waals surface area contributed by atoms with Gasteiger partial charge in [-0.2, -0.15) is 4.98 Å². The molecule has 1 N–H and O–H groups in total. The highest BCUT2D eigenvalue weighted by Gasteiger charge is 2.22. The molecule has 0 saturated heterocycles. The van der Waals surface area contributed by atoms with Crippen molar-refractivity contribution in [2.45, 2.75) is 20.4 Å². The molecular weight excluding hydrogens is 263 g/mol. The number of aromatic nitrogens is 2. The van der Waals surface area contributed by atoms with Crippen molar-refractivity contribution in [1.82, 2.24) is 9.55 Å². The minimum absolute atomic E-state index is 0.00773. The van der Waals surface area contributed by atoms with Crippen LogP contribution in [0.25, 0.3) is 11.3 Å². The van der Waals surface area contributed by atoms with Gasteiger partial charge in [0.1, 0.15) is 11.4 Å². The van der Waals surface area contributed by atoms with E-state index in [1.807, 2.05) is 0 Å². The van der Waals surface area contributed by atoms with Gasteiger partial charge < -0.3 is 5.11 Å². The highest BCUT2D eigenvalue weighted by molar-refractivity contribution is 5.95. The zero-order valence-corrected chi connectivity index (χ0v) is 11.1. The lowest BCUT2D eigenvalue weighted by molar-refractivity contribution is 0.0695. The van der Waals surface area contributed by atoms with Gasteiger partial charge in [-0.1, -0.05) is 12.1 Å². The van der Waals surface area contributed by atoms with Gasteiger partial charge in [0.05, 0.1) is 5.69 Å². The summed E-state index contributed by atoms with van der Waals surface area (Å²) >= 11 is 0. The molecule has 0 atom stereocenters. The molecule has 0 aliphatic carbocycles. The summed E-state index contributed by atoms with van der Waals surface area (Å²) in [7, 11) is 0. The quantitative estimate of drug-likeness (QED) is 0.931. The van der Waals surface area contributed by atoms with E-state index in [0.29, 0.717) is 6.54 Å². The second-order valence-corrected chi connectivity index (χ2v) is 4.23. The number of rotatable bonds is 3. The number of hydrogen-bond acceptors (Lipinski definition) is 3. The number of carboxylic acid groups (broad SMARTS) is 1. The van der Waals surface area contributed by atoms with Gasteiger partial charge >= 0.3 is 11.7 Å².